The minimum Gasteiger partial charge on any atom is -0.208 e. The molecular weight excluding hydrogens is 823 g/mol. The predicted molar refractivity (Wildman–Crippen MR) is 275 cm³/mol. The number of benzene rings is 10. The van der Waals surface area contributed by atoms with Crippen molar-refractivity contribution in [2.24, 2.45) is 0 Å². The summed E-state index contributed by atoms with van der Waals surface area (Å²) in [6.07, 6.45) is 0. The standard InChI is InChI=1S/C65H41N3/c1-3-19-42(20-4-1)43-37-39-45(40-38-43)62-66-61(44-21-5-2-6-22-44)67-63(68-62)47-24-17-23-46(41-47)48-29-18-36-59-60(48)65(55-32-13-9-27-51(55)52-28-10-14-33-56(52)65)58-35-16-15-34-57(58)64(59)53-30-11-7-25-49(53)50-26-8-12-31-54(50)64/h1-41H. The molecule has 0 N–H and O–H groups in total. The highest BCUT2D eigenvalue weighted by molar-refractivity contribution is 5.96. The van der Waals surface area contributed by atoms with E-state index in [4.69, 9.17) is 15.0 Å². The second-order valence-corrected chi connectivity index (χ2v) is 18.2. The third-order valence-electron chi connectivity index (χ3n) is 14.8. The molecule has 0 saturated heterocycles. The normalized spacial score (nSPS) is 13.8. The van der Waals surface area contributed by atoms with Crippen molar-refractivity contribution in [2.75, 3.05) is 0 Å². The van der Waals surface area contributed by atoms with Crippen LogP contribution >= 0.6 is 0 Å². The highest BCUT2D eigenvalue weighted by atomic mass is 15.0. The number of fused-ring (bicyclic) bond motifs is 16. The van der Waals surface area contributed by atoms with Crippen molar-refractivity contribution in [3.8, 4) is 78.7 Å². The van der Waals surface area contributed by atoms with Crippen LogP contribution in [0.5, 0.6) is 0 Å². The summed E-state index contributed by atoms with van der Waals surface area (Å²) in [5.74, 6) is 1.89. The Morgan fingerprint density at radius 2 is 0.529 bits per heavy atom. The molecule has 68 heavy (non-hydrogen) atoms. The van der Waals surface area contributed by atoms with Crippen molar-refractivity contribution in [1.29, 1.82) is 0 Å². The molecule has 3 aliphatic rings. The maximum Gasteiger partial charge on any atom is 0.164 e. The smallest absolute Gasteiger partial charge is 0.164 e. The zero-order valence-corrected chi connectivity index (χ0v) is 37.0. The topological polar surface area (TPSA) is 38.7 Å². The first-order valence-corrected chi connectivity index (χ1v) is 23.4. The maximum absolute atomic E-state index is 5.27. The van der Waals surface area contributed by atoms with E-state index in [9.17, 15) is 0 Å². The van der Waals surface area contributed by atoms with E-state index in [1.165, 1.54) is 77.9 Å². The minimum absolute atomic E-state index is 0.575. The minimum atomic E-state index is -0.629. The van der Waals surface area contributed by atoms with Crippen LogP contribution in [0, 0.1) is 0 Å². The summed E-state index contributed by atoms with van der Waals surface area (Å²) in [5.41, 5.74) is 21.8. The summed E-state index contributed by atoms with van der Waals surface area (Å²) in [6.45, 7) is 0. The van der Waals surface area contributed by atoms with Crippen molar-refractivity contribution < 1.29 is 0 Å². The molecule has 0 amide bonds. The van der Waals surface area contributed by atoms with E-state index in [0.29, 0.717) is 17.5 Å². The van der Waals surface area contributed by atoms with Gasteiger partial charge in [-0.25, -0.2) is 15.0 Å². The second-order valence-electron chi connectivity index (χ2n) is 18.2. The van der Waals surface area contributed by atoms with Crippen LogP contribution in [0.3, 0.4) is 0 Å². The monoisotopic (exact) mass is 863 g/mol. The number of nitrogens with zero attached hydrogens (tertiary/aromatic N) is 3. The first-order valence-electron chi connectivity index (χ1n) is 23.4. The first kappa shape index (κ1) is 38.5. The largest absolute Gasteiger partial charge is 0.208 e. The molecule has 0 unspecified atom stereocenters. The highest BCUT2D eigenvalue weighted by Crippen LogP contribution is 2.68. The summed E-state index contributed by atoms with van der Waals surface area (Å²) >= 11 is 0. The molecule has 1 aromatic heterocycles. The van der Waals surface area contributed by atoms with E-state index in [1.807, 2.05) is 24.3 Å². The van der Waals surface area contributed by atoms with Crippen molar-refractivity contribution in [3.63, 3.8) is 0 Å². The summed E-state index contributed by atoms with van der Waals surface area (Å²) < 4.78 is 0. The zero-order chi connectivity index (χ0) is 44.8. The quantitative estimate of drug-likeness (QED) is 0.173. The molecule has 14 rings (SSSR count). The van der Waals surface area contributed by atoms with Gasteiger partial charge in [0.2, 0.25) is 0 Å². The van der Waals surface area contributed by atoms with E-state index >= 15 is 0 Å². The fourth-order valence-electron chi connectivity index (χ4n) is 12.2. The van der Waals surface area contributed by atoms with Gasteiger partial charge in [0.05, 0.1) is 10.8 Å². The van der Waals surface area contributed by atoms with Crippen molar-refractivity contribution in [3.05, 3.63) is 293 Å². The number of hydrogen-bond acceptors (Lipinski definition) is 3. The van der Waals surface area contributed by atoms with Gasteiger partial charge >= 0.3 is 0 Å². The lowest BCUT2D eigenvalue weighted by Crippen LogP contribution is -2.44. The Balaban J connectivity index is 1.04. The summed E-state index contributed by atoms with van der Waals surface area (Å²) in [6, 6.07) is 90.9. The number of rotatable bonds is 5. The molecule has 3 aliphatic carbocycles. The zero-order valence-electron chi connectivity index (χ0n) is 37.0. The highest BCUT2D eigenvalue weighted by Gasteiger charge is 2.59. The Labute approximate surface area is 395 Å². The first-order chi connectivity index (χ1) is 33.7. The SMILES string of the molecule is c1ccc(-c2ccc(-c3nc(-c4ccccc4)nc(-c4cccc(-c5cccc6c5C5(c7ccccc7-c7ccccc75)c5ccccc5C65c6ccccc6-c6ccccc65)c4)n3)cc2)cc1. The van der Waals surface area contributed by atoms with Crippen molar-refractivity contribution >= 4 is 0 Å². The van der Waals surface area contributed by atoms with Gasteiger partial charge in [-0.15, -0.1) is 0 Å². The van der Waals surface area contributed by atoms with E-state index < -0.39 is 10.8 Å². The fraction of sp³-hybridized carbons (Fsp3) is 0.0308. The Morgan fingerprint density at radius 1 is 0.206 bits per heavy atom. The predicted octanol–water partition coefficient (Wildman–Crippen LogP) is 15.2. The van der Waals surface area contributed by atoms with Gasteiger partial charge in [0.25, 0.3) is 0 Å². The third-order valence-corrected chi connectivity index (χ3v) is 14.8. The molecule has 10 aromatic carbocycles. The lowest BCUT2D eigenvalue weighted by atomic mass is 9.51. The van der Waals surface area contributed by atoms with Crippen LogP contribution in [-0.2, 0) is 10.8 Å². The van der Waals surface area contributed by atoms with Crippen LogP contribution in [0.15, 0.2) is 249 Å². The van der Waals surface area contributed by atoms with Crippen LogP contribution in [0.4, 0.5) is 0 Å². The van der Waals surface area contributed by atoms with Crippen LogP contribution in [0.25, 0.3) is 78.7 Å². The maximum atomic E-state index is 5.27. The molecule has 0 fully saturated rings. The Bertz CT molecular complexity index is 3710. The van der Waals surface area contributed by atoms with E-state index in [0.717, 1.165) is 27.8 Å². The molecule has 3 heteroatoms. The molecule has 2 spiro atoms. The van der Waals surface area contributed by atoms with Crippen LogP contribution in [0.1, 0.15) is 44.5 Å². The molecule has 3 nitrogen and oxygen atoms in total. The Hall–Kier alpha value is -8.79. The average molecular weight is 864 g/mol. The van der Waals surface area contributed by atoms with Gasteiger partial charge in [0.1, 0.15) is 0 Å². The Morgan fingerprint density at radius 3 is 1.07 bits per heavy atom. The van der Waals surface area contributed by atoms with Crippen LogP contribution < -0.4 is 0 Å². The molecule has 1 heterocycles. The third kappa shape index (κ3) is 5.33. The van der Waals surface area contributed by atoms with Gasteiger partial charge in [-0.05, 0) is 95.1 Å². The molecule has 0 bridgehead atoms. The van der Waals surface area contributed by atoms with Gasteiger partial charge in [0.15, 0.2) is 17.5 Å². The molecule has 0 saturated carbocycles. The van der Waals surface area contributed by atoms with E-state index in [2.05, 4.69) is 224 Å². The summed E-state index contributed by atoms with van der Waals surface area (Å²) in [7, 11) is 0. The second kappa shape index (κ2) is 14.9. The van der Waals surface area contributed by atoms with Gasteiger partial charge in [0, 0.05) is 16.7 Å². The van der Waals surface area contributed by atoms with Crippen LogP contribution in [0.2, 0.25) is 0 Å². The molecule has 0 atom stereocenters. The fourth-order valence-corrected chi connectivity index (χ4v) is 12.2. The average Bonchev–Trinajstić information content (AvgIpc) is 3.89. The lowest BCUT2D eigenvalue weighted by Gasteiger charge is -2.49. The van der Waals surface area contributed by atoms with Crippen molar-refractivity contribution in [2.45, 2.75) is 10.8 Å². The molecule has 11 aromatic rings. The molecule has 0 aliphatic heterocycles. The molecule has 0 radical (unpaired) electrons. The van der Waals surface area contributed by atoms with E-state index in [1.54, 1.807) is 0 Å². The van der Waals surface area contributed by atoms with Crippen LogP contribution in [-0.4, -0.2) is 15.0 Å². The number of aromatic nitrogens is 3. The number of hydrogen-bond donors (Lipinski definition) is 0. The van der Waals surface area contributed by atoms with Gasteiger partial charge in [-0.3, -0.25) is 0 Å². The summed E-state index contributed by atoms with van der Waals surface area (Å²) in [5, 5.41) is 0. The molecular formula is C65H41N3. The lowest BCUT2D eigenvalue weighted by molar-refractivity contribution is 0.634. The van der Waals surface area contributed by atoms with E-state index in [-0.39, 0.29) is 0 Å². The van der Waals surface area contributed by atoms with Gasteiger partial charge in [-0.2, -0.15) is 0 Å². The van der Waals surface area contributed by atoms with Gasteiger partial charge < -0.3 is 0 Å². The van der Waals surface area contributed by atoms with Gasteiger partial charge in [-0.1, -0.05) is 243 Å². The molecule has 316 valence electrons. The van der Waals surface area contributed by atoms with Crippen molar-refractivity contribution in [1.82, 2.24) is 15.0 Å². The summed E-state index contributed by atoms with van der Waals surface area (Å²) in [4.78, 5) is 15.6. The Kier molecular flexibility index (Phi) is 8.41.